The molecule has 0 aliphatic carbocycles. The molecule has 2 amide bonds. The fraction of sp³-hybridized carbons (Fsp3) is 0.440. The number of ether oxygens (including phenoxy) is 2. The highest BCUT2D eigenvalue weighted by molar-refractivity contribution is 5.89. The molecular weight excluding hydrogens is 392 g/mol. The van der Waals surface area contributed by atoms with Crippen LogP contribution < -0.4 is 14.8 Å². The predicted octanol–water partition coefficient (Wildman–Crippen LogP) is 3.23. The van der Waals surface area contributed by atoms with Crippen LogP contribution in [0.1, 0.15) is 30.4 Å². The maximum Gasteiger partial charge on any atom is 0.225 e. The van der Waals surface area contributed by atoms with Crippen molar-refractivity contribution in [3.05, 3.63) is 59.7 Å². The molecule has 1 heterocycles. The van der Waals surface area contributed by atoms with Crippen LogP contribution >= 0.6 is 0 Å². The molecular formula is C25H32N2O4. The molecule has 166 valence electrons. The van der Waals surface area contributed by atoms with Crippen LogP contribution in [0.2, 0.25) is 0 Å². The zero-order valence-electron chi connectivity index (χ0n) is 18.4. The average molecular weight is 425 g/mol. The molecule has 2 aromatic rings. The van der Waals surface area contributed by atoms with Gasteiger partial charge in [0.25, 0.3) is 0 Å². The van der Waals surface area contributed by atoms with Crippen LogP contribution in [0.3, 0.4) is 0 Å². The van der Waals surface area contributed by atoms with Crippen molar-refractivity contribution in [3.63, 3.8) is 0 Å². The summed E-state index contributed by atoms with van der Waals surface area (Å²) in [6.45, 7) is 1.74. The lowest BCUT2D eigenvalue weighted by molar-refractivity contribution is -0.129. The molecule has 6 nitrogen and oxygen atoms in total. The smallest absolute Gasteiger partial charge is 0.225 e. The number of hydrogen-bond acceptors (Lipinski definition) is 4. The van der Waals surface area contributed by atoms with E-state index in [1.165, 1.54) is 5.56 Å². The number of rotatable bonds is 11. The van der Waals surface area contributed by atoms with E-state index in [0.29, 0.717) is 44.0 Å². The van der Waals surface area contributed by atoms with Crippen molar-refractivity contribution in [3.8, 4) is 11.5 Å². The molecule has 0 spiro atoms. The molecule has 1 N–H and O–H groups in total. The monoisotopic (exact) mass is 424 g/mol. The van der Waals surface area contributed by atoms with E-state index in [2.05, 4.69) is 17.4 Å². The van der Waals surface area contributed by atoms with Crippen LogP contribution in [0.25, 0.3) is 0 Å². The third kappa shape index (κ3) is 6.48. The van der Waals surface area contributed by atoms with Gasteiger partial charge in [-0.25, -0.2) is 0 Å². The lowest BCUT2D eigenvalue weighted by Crippen LogP contribution is -2.34. The summed E-state index contributed by atoms with van der Waals surface area (Å²) in [5.41, 5.74) is 2.39. The second-order valence-electron chi connectivity index (χ2n) is 7.91. The fourth-order valence-corrected chi connectivity index (χ4v) is 3.92. The zero-order chi connectivity index (χ0) is 22.1. The molecule has 31 heavy (non-hydrogen) atoms. The highest BCUT2D eigenvalue weighted by Crippen LogP contribution is 2.28. The van der Waals surface area contributed by atoms with Crippen molar-refractivity contribution >= 4 is 11.8 Å². The number of benzene rings is 2. The summed E-state index contributed by atoms with van der Waals surface area (Å²) in [5.74, 6) is 1.14. The number of nitrogens with one attached hydrogen (secondary N) is 1. The quantitative estimate of drug-likeness (QED) is 0.563. The fourth-order valence-electron chi connectivity index (χ4n) is 3.92. The highest BCUT2D eigenvalue weighted by atomic mass is 16.5. The third-order valence-corrected chi connectivity index (χ3v) is 5.74. The molecule has 0 aromatic heterocycles. The molecule has 0 bridgehead atoms. The second kappa shape index (κ2) is 11.4. The number of hydrogen-bond donors (Lipinski definition) is 1. The minimum absolute atomic E-state index is 0.0123. The van der Waals surface area contributed by atoms with Crippen LogP contribution in [0.4, 0.5) is 0 Å². The summed E-state index contributed by atoms with van der Waals surface area (Å²) in [5, 5.41) is 3.01. The van der Waals surface area contributed by atoms with E-state index in [9.17, 15) is 9.59 Å². The number of nitrogens with zero attached hydrogens (tertiary/aromatic N) is 1. The Hall–Kier alpha value is -3.02. The summed E-state index contributed by atoms with van der Waals surface area (Å²) in [6, 6.07) is 16.1. The first-order valence-corrected chi connectivity index (χ1v) is 10.9. The lowest BCUT2D eigenvalue weighted by atomic mass is 10.1. The second-order valence-corrected chi connectivity index (χ2v) is 7.91. The number of aryl methyl sites for hydroxylation is 1. The number of likely N-dealkylation sites (tertiary alicyclic amines) is 1. The van der Waals surface area contributed by atoms with E-state index < -0.39 is 0 Å². The van der Waals surface area contributed by atoms with Crippen LogP contribution in [0, 0.1) is 5.92 Å². The van der Waals surface area contributed by atoms with Crippen LogP contribution in [0.5, 0.6) is 11.5 Å². The van der Waals surface area contributed by atoms with Gasteiger partial charge in [-0.1, -0.05) is 36.4 Å². The topological polar surface area (TPSA) is 67.9 Å². The molecule has 0 radical (unpaired) electrons. The Morgan fingerprint density at radius 1 is 1.00 bits per heavy atom. The number of methoxy groups -OCH3 is 2. The first-order valence-electron chi connectivity index (χ1n) is 10.9. The molecule has 1 aliphatic heterocycles. The van der Waals surface area contributed by atoms with Gasteiger partial charge >= 0.3 is 0 Å². The maximum atomic E-state index is 12.5. The first kappa shape index (κ1) is 22.7. The van der Waals surface area contributed by atoms with E-state index >= 15 is 0 Å². The molecule has 0 saturated carbocycles. The summed E-state index contributed by atoms with van der Waals surface area (Å²) < 4.78 is 10.6. The molecule has 1 aliphatic rings. The molecule has 6 heteroatoms. The van der Waals surface area contributed by atoms with E-state index in [-0.39, 0.29) is 17.7 Å². The Morgan fingerprint density at radius 2 is 1.77 bits per heavy atom. The van der Waals surface area contributed by atoms with Gasteiger partial charge in [0.05, 0.1) is 20.1 Å². The molecule has 1 saturated heterocycles. The standard InChI is InChI=1S/C25H32N2O4/c1-30-22-12-11-20(16-23(22)31-2)13-15-27-18-21(17-24(27)28)25(29)26-14-7-6-10-19-8-4-3-5-9-19/h3-5,8-9,11-12,16,21H,6-7,10,13-15,17-18H2,1-2H3,(H,26,29). The van der Waals surface area contributed by atoms with E-state index in [0.717, 1.165) is 24.8 Å². The van der Waals surface area contributed by atoms with Crippen molar-refractivity contribution in [2.45, 2.75) is 32.1 Å². The minimum Gasteiger partial charge on any atom is -0.493 e. The summed E-state index contributed by atoms with van der Waals surface area (Å²) in [6.07, 6.45) is 3.99. The van der Waals surface area contributed by atoms with Gasteiger partial charge in [0.1, 0.15) is 0 Å². The van der Waals surface area contributed by atoms with Crippen LogP contribution in [-0.4, -0.2) is 50.6 Å². The largest absolute Gasteiger partial charge is 0.493 e. The lowest BCUT2D eigenvalue weighted by Gasteiger charge is -2.17. The predicted molar refractivity (Wildman–Crippen MR) is 120 cm³/mol. The third-order valence-electron chi connectivity index (χ3n) is 5.74. The maximum absolute atomic E-state index is 12.5. The van der Waals surface area contributed by atoms with Crippen molar-refractivity contribution < 1.29 is 19.1 Å². The van der Waals surface area contributed by atoms with Crippen molar-refractivity contribution in [1.29, 1.82) is 0 Å². The minimum atomic E-state index is -0.257. The molecule has 3 rings (SSSR count). The number of amides is 2. The van der Waals surface area contributed by atoms with Gasteiger partial charge in [-0.3, -0.25) is 9.59 Å². The normalized spacial score (nSPS) is 15.7. The SMILES string of the molecule is COc1ccc(CCN2CC(C(=O)NCCCCc3ccccc3)CC2=O)cc1OC. The molecule has 1 unspecified atom stereocenters. The summed E-state index contributed by atoms with van der Waals surface area (Å²) >= 11 is 0. The van der Waals surface area contributed by atoms with Gasteiger partial charge in [-0.05, 0) is 48.9 Å². The first-order chi connectivity index (χ1) is 15.1. The summed E-state index contributed by atoms with van der Waals surface area (Å²) in [4.78, 5) is 26.6. The number of carbonyl (C=O) groups is 2. The Kier molecular flexibility index (Phi) is 8.33. The Morgan fingerprint density at radius 3 is 2.52 bits per heavy atom. The van der Waals surface area contributed by atoms with Crippen LogP contribution in [0.15, 0.2) is 48.5 Å². The van der Waals surface area contributed by atoms with Crippen molar-refractivity contribution in [2.75, 3.05) is 33.9 Å². The highest BCUT2D eigenvalue weighted by Gasteiger charge is 2.33. The van der Waals surface area contributed by atoms with E-state index in [4.69, 9.17) is 9.47 Å². The van der Waals surface area contributed by atoms with Crippen LogP contribution in [-0.2, 0) is 22.4 Å². The van der Waals surface area contributed by atoms with E-state index in [1.807, 2.05) is 36.4 Å². The van der Waals surface area contributed by atoms with Gasteiger partial charge in [-0.2, -0.15) is 0 Å². The van der Waals surface area contributed by atoms with E-state index in [1.54, 1.807) is 19.1 Å². The number of unbranched alkanes of at least 4 members (excludes halogenated alkanes) is 1. The average Bonchev–Trinajstić information content (AvgIpc) is 3.18. The van der Waals surface area contributed by atoms with Crippen molar-refractivity contribution in [2.24, 2.45) is 5.92 Å². The Balaban J connectivity index is 1.38. The van der Waals surface area contributed by atoms with Gasteiger partial charge in [0.15, 0.2) is 11.5 Å². The molecule has 1 fully saturated rings. The van der Waals surface area contributed by atoms with Gasteiger partial charge in [0.2, 0.25) is 11.8 Å². The Bertz CT molecular complexity index is 869. The Labute approximate surface area is 184 Å². The molecule has 2 aromatic carbocycles. The molecule has 1 atom stereocenters. The van der Waals surface area contributed by atoms with Gasteiger partial charge < -0.3 is 19.7 Å². The van der Waals surface area contributed by atoms with Crippen molar-refractivity contribution in [1.82, 2.24) is 10.2 Å². The number of carbonyl (C=O) groups excluding carboxylic acids is 2. The van der Waals surface area contributed by atoms with Gasteiger partial charge in [-0.15, -0.1) is 0 Å². The summed E-state index contributed by atoms with van der Waals surface area (Å²) in [7, 11) is 3.21. The zero-order valence-corrected chi connectivity index (χ0v) is 18.4. The van der Waals surface area contributed by atoms with Gasteiger partial charge in [0, 0.05) is 26.1 Å².